The molecule has 0 saturated carbocycles. The summed E-state index contributed by atoms with van der Waals surface area (Å²) in [5.74, 6) is -0.796. The third kappa shape index (κ3) is 4.38. The first-order valence-electron chi connectivity index (χ1n) is 12.1. The van der Waals surface area contributed by atoms with Gasteiger partial charge >= 0.3 is 0 Å². The van der Waals surface area contributed by atoms with Gasteiger partial charge in [-0.05, 0) is 59.4 Å². The van der Waals surface area contributed by atoms with Gasteiger partial charge in [0.25, 0.3) is 11.8 Å². The standard InChI is InChI=1S/C30H28N2O4/c1-18-14-23-21-10-4-2-8-19(21)16-25(27(23)33)29(35)31-12-6-7-13-32-30(36)26-17-20-9-3-5-11-22(20)24(15-18)28(26)34/h2-5,8-11,16-17,33-34H,1,6-7,12-15H2,(H,31,35)(H,32,36). The van der Waals surface area contributed by atoms with E-state index in [2.05, 4.69) is 17.2 Å². The zero-order chi connectivity index (χ0) is 25.2. The van der Waals surface area contributed by atoms with Crippen molar-refractivity contribution in [1.82, 2.24) is 10.6 Å². The third-order valence-corrected chi connectivity index (χ3v) is 6.77. The fourth-order valence-corrected chi connectivity index (χ4v) is 4.93. The molecule has 2 amide bonds. The topological polar surface area (TPSA) is 98.7 Å². The van der Waals surface area contributed by atoms with Crippen molar-refractivity contribution in [2.45, 2.75) is 25.7 Å². The number of allylic oxidation sites excluding steroid dienone is 1. The van der Waals surface area contributed by atoms with E-state index in [0.29, 0.717) is 49.9 Å². The van der Waals surface area contributed by atoms with Gasteiger partial charge in [-0.15, -0.1) is 0 Å². The SMILES string of the molecule is C=C1Cc2c(O)c(cc3ccccc23)C(=O)NCCCCNC(=O)c2cc3ccccc3c(c2O)C1. The molecule has 0 aromatic heterocycles. The Bertz CT molecular complexity index is 1410. The van der Waals surface area contributed by atoms with Gasteiger partial charge < -0.3 is 20.8 Å². The number of nitrogens with one attached hydrogen (secondary N) is 2. The molecular formula is C30H28N2O4. The number of hydrogen-bond donors (Lipinski definition) is 4. The highest BCUT2D eigenvalue weighted by Gasteiger charge is 2.22. The van der Waals surface area contributed by atoms with Crippen molar-refractivity contribution in [1.29, 1.82) is 0 Å². The lowest BCUT2D eigenvalue weighted by atomic mass is 9.90. The number of hydrogen-bond acceptors (Lipinski definition) is 4. The molecular weight excluding hydrogens is 452 g/mol. The van der Waals surface area contributed by atoms with Crippen LogP contribution in [-0.4, -0.2) is 35.1 Å². The molecule has 182 valence electrons. The number of phenols is 2. The van der Waals surface area contributed by atoms with Gasteiger partial charge in [-0.1, -0.05) is 60.7 Å². The Morgan fingerprint density at radius 3 is 1.53 bits per heavy atom. The molecule has 0 unspecified atom stereocenters. The van der Waals surface area contributed by atoms with Crippen LogP contribution in [0.15, 0.2) is 72.8 Å². The van der Waals surface area contributed by atoms with Gasteiger partial charge in [0.05, 0.1) is 11.1 Å². The number of carbonyl (C=O) groups is 2. The summed E-state index contributed by atoms with van der Waals surface area (Å²) in [7, 11) is 0. The minimum absolute atomic E-state index is 0.0589. The average Bonchev–Trinajstić information content (AvgIpc) is 2.88. The fourth-order valence-electron chi connectivity index (χ4n) is 4.93. The molecule has 4 aromatic rings. The molecule has 1 aliphatic rings. The molecule has 0 radical (unpaired) electrons. The van der Waals surface area contributed by atoms with Crippen molar-refractivity contribution in [3.63, 3.8) is 0 Å². The summed E-state index contributed by atoms with van der Waals surface area (Å²) in [5.41, 5.74) is 2.42. The van der Waals surface area contributed by atoms with Crippen molar-refractivity contribution < 1.29 is 19.8 Å². The first kappa shape index (κ1) is 23.4. The molecule has 0 atom stereocenters. The lowest BCUT2D eigenvalue weighted by Crippen LogP contribution is -2.27. The Morgan fingerprint density at radius 1 is 0.667 bits per heavy atom. The molecule has 0 fully saturated rings. The number of fused-ring (bicyclic) bond motifs is 8. The maximum atomic E-state index is 12.9. The van der Waals surface area contributed by atoms with E-state index in [9.17, 15) is 19.8 Å². The molecule has 36 heavy (non-hydrogen) atoms. The zero-order valence-corrected chi connectivity index (χ0v) is 19.9. The van der Waals surface area contributed by atoms with Crippen LogP contribution >= 0.6 is 0 Å². The van der Waals surface area contributed by atoms with Gasteiger partial charge in [-0.3, -0.25) is 9.59 Å². The lowest BCUT2D eigenvalue weighted by Gasteiger charge is -2.17. The van der Waals surface area contributed by atoms with E-state index >= 15 is 0 Å². The van der Waals surface area contributed by atoms with Crippen LogP contribution < -0.4 is 10.6 Å². The Kier molecular flexibility index (Phi) is 6.34. The smallest absolute Gasteiger partial charge is 0.255 e. The molecule has 1 heterocycles. The molecule has 0 saturated heterocycles. The molecule has 5 rings (SSSR count). The van der Waals surface area contributed by atoms with Crippen molar-refractivity contribution in [3.05, 3.63) is 95.1 Å². The first-order chi connectivity index (χ1) is 17.4. The third-order valence-electron chi connectivity index (χ3n) is 6.77. The molecule has 4 N–H and O–H groups in total. The van der Waals surface area contributed by atoms with Crippen LogP contribution in [0.25, 0.3) is 21.5 Å². The fraction of sp³-hybridized carbons (Fsp3) is 0.200. The highest BCUT2D eigenvalue weighted by atomic mass is 16.3. The summed E-state index contributed by atoms with van der Waals surface area (Å²) in [5, 5.41) is 31.5. The number of phenolic OH excluding ortho intramolecular Hbond substituents is 2. The second-order valence-corrected chi connectivity index (χ2v) is 9.27. The maximum Gasteiger partial charge on any atom is 0.255 e. The van der Waals surface area contributed by atoms with E-state index in [1.54, 1.807) is 12.1 Å². The Balaban J connectivity index is 1.64. The van der Waals surface area contributed by atoms with Gasteiger partial charge in [-0.2, -0.15) is 0 Å². The minimum atomic E-state index is -0.339. The highest BCUT2D eigenvalue weighted by molar-refractivity contribution is 6.04. The van der Waals surface area contributed by atoms with Gasteiger partial charge in [-0.25, -0.2) is 0 Å². The van der Waals surface area contributed by atoms with Crippen LogP contribution in [0.1, 0.15) is 44.7 Å². The Morgan fingerprint density at radius 2 is 1.08 bits per heavy atom. The van der Waals surface area contributed by atoms with Crippen LogP contribution in [0.3, 0.4) is 0 Å². The molecule has 1 aliphatic heterocycles. The van der Waals surface area contributed by atoms with Crippen LogP contribution in [0.4, 0.5) is 0 Å². The normalized spacial score (nSPS) is 15.4. The van der Waals surface area contributed by atoms with E-state index < -0.39 is 0 Å². The van der Waals surface area contributed by atoms with Gasteiger partial charge in [0.2, 0.25) is 0 Å². The summed E-state index contributed by atoms with van der Waals surface area (Å²) in [4.78, 5) is 25.9. The average molecular weight is 481 g/mol. The first-order valence-corrected chi connectivity index (χ1v) is 12.1. The summed E-state index contributed by atoms with van der Waals surface area (Å²) in [6, 6.07) is 18.7. The molecule has 0 aliphatic carbocycles. The van der Waals surface area contributed by atoms with Crippen molar-refractivity contribution in [3.8, 4) is 11.5 Å². The van der Waals surface area contributed by atoms with Crippen LogP contribution in [-0.2, 0) is 12.8 Å². The Hall–Kier alpha value is -4.32. The van der Waals surface area contributed by atoms with Crippen molar-refractivity contribution >= 4 is 33.4 Å². The van der Waals surface area contributed by atoms with Gasteiger partial charge in [0.1, 0.15) is 11.5 Å². The number of aromatic hydroxyl groups is 2. The summed E-state index contributed by atoms with van der Waals surface area (Å²) in [6.07, 6.45) is 1.91. The summed E-state index contributed by atoms with van der Waals surface area (Å²) < 4.78 is 0. The molecule has 6 nitrogen and oxygen atoms in total. The summed E-state index contributed by atoms with van der Waals surface area (Å²) >= 11 is 0. The number of carbonyl (C=O) groups excluding carboxylic acids is 2. The van der Waals surface area contributed by atoms with Crippen LogP contribution in [0, 0.1) is 0 Å². The summed E-state index contributed by atoms with van der Waals surface area (Å²) in [6.45, 7) is 5.07. The molecule has 6 heteroatoms. The quantitative estimate of drug-likeness (QED) is 0.266. The number of rotatable bonds is 0. The second-order valence-electron chi connectivity index (χ2n) is 9.27. The van der Waals surface area contributed by atoms with E-state index in [4.69, 9.17) is 0 Å². The lowest BCUT2D eigenvalue weighted by molar-refractivity contribution is 0.0936. The number of benzene rings is 4. The van der Waals surface area contributed by atoms with Gasteiger partial charge in [0.15, 0.2) is 0 Å². The monoisotopic (exact) mass is 480 g/mol. The Labute approximate surface area is 209 Å². The molecule has 4 bridgehead atoms. The van der Waals surface area contributed by atoms with E-state index in [-0.39, 0.29) is 34.4 Å². The van der Waals surface area contributed by atoms with Crippen LogP contribution in [0.5, 0.6) is 11.5 Å². The number of amides is 2. The second kappa shape index (κ2) is 9.74. The largest absolute Gasteiger partial charge is 0.507 e. The van der Waals surface area contributed by atoms with Crippen LogP contribution in [0.2, 0.25) is 0 Å². The van der Waals surface area contributed by atoms with E-state index in [1.165, 1.54) is 0 Å². The predicted octanol–water partition coefficient (Wildman–Crippen LogP) is 5.00. The highest BCUT2D eigenvalue weighted by Crippen LogP contribution is 2.36. The maximum absolute atomic E-state index is 12.9. The van der Waals surface area contributed by atoms with E-state index in [0.717, 1.165) is 27.1 Å². The minimum Gasteiger partial charge on any atom is -0.507 e. The van der Waals surface area contributed by atoms with Crippen molar-refractivity contribution in [2.75, 3.05) is 13.1 Å². The van der Waals surface area contributed by atoms with E-state index in [1.807, 2.05) is 48.5 Å². The van der Waals surface area contributed by atoms with Crippen molar-refractivity contribution in [2.24, 2.45) is 0 Å². The van der Waals surface area contributed by atoms with Gasteiger partial charge in [0, 0.05) is 24.2 Å². The zero-order valence-electron chi connectivity index (χ0n) is 19.9. The molecule has 4 aromatic carbocycles. The predicted molar refractivity (Wildman–Crippen MR) is 142 cm³/mol. The molecule has 0 spiro atoms.